The van der Waals surface area contributed by atoms with Crippen molar-refractivity contribution in [3.8, 4) is 0 Å². The summed E-state index contributed by atoms with van der Waals surface area (Å²) < 4.78 is 0. The van der Waals surface area contributed by atoms with E-state index >= 15 is 0 Å². The van der Waals surface area contributed by atoms with E-state index in [1.165, 1.54) is 64.8 Å². The number of hydrogen-bond donors (Lipinski definition) is 1. The summed E-state index contributed by atoms with van der Waals surface area (Å²) in [6.45, 7) is 6.41. The summed E-state index contributed by atoms with van der Waals surface area (Å²) in [5, 5.41) is 3.46. The van der Waals surface area contributed by atoms with Crippen LogP contribution in [-0.4, -0.2) is 37.6 Å². The Morgan fingerprint density at radius 3 is 2.29 bits per heavy atom. The maximum Gasteiger partial charge on any atom is 0.00530 e. The van der Waals surface area contributed by atoms with Crippen LogP contribution in [0.2, 0.25) is 0 Å². The summed E-state index contributed by atoms with van der Waals surface area (Å²) in [5.74, 6) is 2.65. The van der Waals surface area contributed by atoms with Gasteiger partial charge in [0.1, 0.15) is 0 Å². The Kier molecular flexibility index (Phi) is 4.00. The monoisotopic (exact) mass is 284 g/mol. The van der Waals surface area contributed by atoms with E-state index in [1.807, 2.05) is 0 Å². The van der Waals surface area contributed by atoms with Crippen LogP contribution >= 0.6 is 0 Å². The summed E-state index contributed by atoms with van der Waals surface area (Å²) in [5.41, 5.74) is 3.14. The molecule has 0 spiro atoms. The molecule has 0 saturated carbocycles. The third-order valence-corrected chi connectivity index (χ3v) is 6.05. The van der Waals surface area contributed by atoms with E-state index in [9.17, 15) is 0 Å². The lowest BCUT2D eigenvalue weighted by Crippen LogP contribution is -2.46. The first-order valence-electron chi connectivity index (χ1n) is 8.90. The molecule has 2 heteroatoms. The topological polar surface area (TPSA) is 15.3 Å². The van der Waals surface area contributed by atoms with Gasteiger partial charge in [0.2, 0.25) is 0 Å². The molecule has 4 aliphatic rings. The molecule has 1 aromatic rings. The molecule has 0 aliphatic carbocycles. The van der Waals surface area contributed by atoms with Crippen LogP contribution in [0.1, 0.15) is 42.7 Å². The first-order valence-corrected chi connectivity index (χ1v) is 8.90. The summed E-state index contributed by atoms with van der Waals surface area (Å²) in [4.78, 5) is 2.66. The van der Waals surface area contributed by atoms with Crippen LogP contribution in [0.15, 0.2) is 24.3 Å². The van der Waals surface area contributed by atoms with Crippen LogP contribution in [0, 0.1) is 11.8 Å². The van der Waals surface area contributed by atoms with Gasteiger partial charge < -0.3 is 10.2 Å². The van der Waals surface area contributed by atoms with Gasteiger partial charge in [-0.15, -0.1) is 0 Å². The van der Waals surface area contributed by atoms with E-state index < -0.39 is 0 Å². The van der Waals surface area contributed by atoms with Gasteiger partial charge in [-0.05, 0) is 87.2 Å². The molecule has 4 aliphatic heterocycles. The average molecular weight is 284 g/mol. The third kappa shape index (κ3) is 3.02. The fourth-order valence-corrected chi connectivity index (χ4v) is 4.66. The van der Waals surface area contributed by atoms with Crippen LogP contribution in [0.3, 0.4) is 0 Å². The van der Waals surface area contributed by atoms with Crippen molar-refractivity contribution in [2.24, 2.45) is 11.8 Å². The fourth-order valence-electron chi connectivity index (χ4n) is 4.66. The zero-order valence-corrected chi connectivity index (χ0v) is 13.1. The highest BCUT2D eigenvalue weighted by molar-refractivity contribution is 5.27. The van der Waals surface area contributed by atoms with Crippen molar-refractivity contribution in [1.82, 2.24) is 10.2 Å². The second-order valence-electron chi connectivity index (χ2n) is 7.38. The Labute approximate surface area is 128 Å². The van der Waals surface area contributed by atoms with Crippen molar-refractivity contribution in [2.45, 2.75) is 38.0 Å². The minimum absolute atomic E-state index is 0.806. The quantitative estimate of drug-likeness (QED) is 0.918. The van der Waals surface area contributed by atoms with Gasteiger partial charge in [0.05, 0.1) is 0 Å². The third-order valence-electron chi connectivity index (χ3n) is 6.05. The molecule has 2 bridgehead atoms. The Balaban J connectivity index is 1.41. The summed E-state index contributed by atoms with van der Waals surface area (Å²) >= 11 is 0. The second kappa shape index (κ2) is 6.10. The lowest BCUT2D eigenvalue weighted by atomic mass is 9.75. The summed E-state index contributed by atoms with van der Waals surface area (Å²) in [7, 11) is 0. The average Bonchev–Trinajstić information content (AvgIpc) is 2.57. The van der Waals surface area contributed by atoms with Gasteiger partial charge in [-0.25, -0.2) is 0 Å². The van der Waals surface area contributed by atoms with Gasteiger partial charge in [-0.1, -0.05) is 24.3 Å². The Hall–Kier alpha value is -0.860. The molecule has 4 saturated heterocycles. The molecule has 2 nitrogen and oxygen atoms in total. The second-order valence-corrected chi connectivity index (χ2v) is 7.38. The fraction of sp³-hybridized carbons (Fsp3) is 0.684. The number of hydrogen-bond acceptors (Lipinski definition) is 2. The molecule has 1 unspecified atom stereocenters. The maximum atomic E-state index is 3.46. The highest BCUT2D eigenvalue weighted by atomic mass is 15.1. The van der Waals surface area contributed by atoms with Crippen LogP contribution in [0.5, 0.6) is 0 Å². The molecule has 114 valence electrons. The van der Waals surface area contributed by atoms with Gasteiger partial charge in [0.25, 0.3) is 0 Å². The van der Waals surface area contributed by atoms with Crippen LogP contribution in [-0.2, 0) is 6.42 Å². The van der Waals surface area contributed by atoms with Crippen molar-refractivity contribution in [3.63, 3.8) is 0 Å². The van der Waals surface area contributed by atoms with Gasteiger partial charge in [-0.3, -0.25) is 0 Å². The van der Waals surface area contributed by atoms with Crippen molar-refractivity contribution >= 4 is 0 Å². The lowest BCUT2D eigenvalue weighted by molar-refractivity contribution is 0.0871. The number of nitrogens with zero attached hydrogens (tertiary/aromatic N) is 1. The summed E-state index contributed by atoms with van der Waals surface area (Å²) in [6, 6.07) is 9.69. The van der Waals surface area contributed by atoms with E-state index in [1.54, 1.807) is 11.1 Å². The summed E-state index contributed by atoms with van der Waals surface area (Å²) in [6.07, 6.45) is 6.81. The largest absolute Gasteiger partial charge is 0.317 e. The number of piperidine rings is 4. The number of rotatable bonds is 3. The molecular formula is C19H28N2. The van der Waals surface area contributed by atoms with Crippen molar-refractivity contribution in [1.29, 1.82) is 0 Å². The maximum absolute atomic E-state index is 3.46. The van der Waals surface area contributed by atoms with E-state index in [0.29, 0.717) is 0 Å². The zero-order chi connectivity index (χ0) is 14.1. The Bertz CT molecular complexity index is 453. The molecule has 0 radical (unpaired) electrons. The molecule has 4 heterocycles. The van der Waals surface area contributed by atoms with Crippen molar-refractivity contribution in [2.75, 3.05) is 32.7 Å². The van der Waals surface area contributed by atoms with Crippen molar-refractivity contribution < 1.29 is 0 Å². The predicted octanol–water partition coefficient (Wildman–Crippen LogP) is 3.04. The normalized spacial score (nSPS) is 33.2. The van der Waals surface area contributed by atoms with Crippen LogP contribution in [0.4, 0.5) is 0 Å². The number of benzene rings is 1. The molecule has 1 N–H and O–H groups in total. The van der Waals surface area contributed by atoms with Crippen LogP contribution < -0.4 is 5.32 Å². The smallest absolute Gasteiger partial charge is 0.00530 e. The SMILES string of the molecule is c1cc(C2CN3CCC2CC3)ccc1CC1CCNCC1. The predicted molar refractivity (Wildman–Crippen MR) is 87.6 cm³/mol. The Morgan fingerprint density at radius 2 is 1.67 bits per heavy atom. The molecule has 1 aromatic carbocycles. The van der Waals surface area contributed by atoms with E-state index in [-0.39, 0.29) is 0 Å². The first-order chi connectivity index (χ1) is 10.4. The lowest BCUT2D eigenvalue weighted by Gasteiger charge is -2.45. The highest BCUT2D eigenvalue weighted by Gasteiger charge is 2.34. The van der Waals surface area contributed by atoms with E-state index in [2.05, 4.69) is 34.5 Å². The molecule has 0 amide bonds. The number of fused-ring (bicyclic) bond motifs is 3. The van der Waals surface area contributed by atoms with Crippen LogP contribution in [0.25, 0.3) is 0 Å². The van der Waals surface area contributed by atoms with Gasteiger partial charge in [0.15, 0.2) is 0 Å². The Morgan fingerprint density at radius 1 is 0.952 bits per heavy atom. The molecule has 5 rings (SSSR count). The molecule has 4 fully saturated rings. The first kappa shape index (κ1) is 13.8. The van der Waals surface area contributed by atoms with Crippen molar-refractivity contribution in [3.05, 3.63) is 35.4 Å². The molecule has 1 atom stereocenters. The zero-order valence-electron chi connectivity index (χ0n) is 13.1. The highest BCUT2D eigenvalue weighted by Crippen LogP contribution is 2.38. The molecular weight excluding hydrogens is 256 g/mol. The van der Waals surface area contributed by atoms with Gasteiger partial charge in [-0.2, -0.15) is 0 Å². The minimum Gasteiger partial charge on any atom is -0.317 e. The van der Waals surface area contributed by atoms with Gasteiger partial charge >= 0.3 is 0 Å². The molecule has 0 aromatic heterocycles. The van der Waals surface area contributed by atoms with E-state index in [4.69, 9.17) is 0 Å². The molecule has 21 heavy (non-hydrogen) atoms. The standard InChI is InChI=1S/C19H28N2/c1-3-17(19-14-21-11-7-18(19)8-12-21)4-2-15(1)13-16-5-9-20-10-6-16/h1-4,16,18-20H,5-14H2. The van der Waals surface area contributed by atoms with E-state index in [0.717, 1.165) is 17.8 Å². The number of nitrogens with one attached hydrogen (secondary N) is 1. The van der Waals surface area contributed by atoms with Gasteiger partial charge in [0, 0.05) is 6.54 Å². The minimum atomic E-state index is 0.806.